The molecule has 76 valence electrons. The standard InChI is InChI=1S/C8H16O4Si/c9-13(10,11)8-7(12-8)6-4-2-1-3-5-6/h6-11H,1-5H2. The van der Waals surface area contributed by atoms with Gasteiger partial charge in [0.2, 0.25) is 0 Å². The quantitative estimate of drug-likeness (QED) is 0.430. The van der Waals surface area contributed by atoms with E-state index in [0.717, 1.165) is 12.8 Å². The summed E-state index contributed by atoms with van der Waals surface area (Å²) in [6, 6.07) is 0. The zero-order chi connectivity index (χ0) is 9.47. The van der Waals surface area contributed by atoms with Crippen molar-refractivity contribution < 1.29 is 19.1 Å². The first kappa shape index (κ1) is 9.61. The maximum Gasteiger partial charge on any atom is 0.526 e. The summed E-state index contributed by atoms with van der Waals surface area (Å²) in [6.07, 6.45) is 5.81. The Labute approximate surface area is 78.5 Å². The highest BCUT2D eigenvalue weighted by atomic mass is 28.4. The van der Waals surface area contributed by atoms with Crippen LogP contribution in [0.4, 0.5) is 0 Å². The third-order valence-electron chi connectivity index (χ3n) is 3.02. The molecule has 1 aliphatic heterocycles. The van der Waals surface area contributed by atoms with Gasteiger partial charge in [-0.15, -0.1) is 0 Å². The Kier molecular flexibility index (Phi) is 2.46. The lowest BCUT2D eigenvalue weighted by Crippen LogP contribution is -2.44. The molecule has 0 aromatic carbocycles. The summed E-state index contributed by atoms with van der Waals surface area (Å²) in [5, 5.41) is 0. The number of hydrogen-bond acceptors (Lipinski definition) is 4. The Hall–Kier alpha value is 0.0569. The van der Waals surface area contributed by atoms with E-state index in [-0.39, 0.29) is 6.10 Å². The highest BCUT2D eigenvalue weighted by molar-refractivity contribution is 6.58. The van der Waals surface area contributed by atoms with Crippen LogP contribution in [0, 0.1) is 5.92 Å². The molecule has 4 nitrogen and oxygen atoms in total. The third-order valence-corrected chi connectivity index (χ3v) is 4.25. The minimum atomic E-state index is -3.99. The third kappa shape index (κ3) is 2.11. The van der Waals surface area contributed by atoms with Crippen LogP contribution in [-0.2, 0) is 4.74 Å². The van der Waals surface area contributed by atoms with Crippen LogP contribution in [0.15, 0.2) is 0 Å². The van der Waals surface area contributed by atoms with Crippen molar-refractivity contribution in [2.45, 2.75) is 43.9 Å². The largest absolute Gasteiger partial charge is 0.526 e. The van der Waals surface area contributed by atoms with Gasteiger partial charge in [-0.2, -0.15) is 0 Å². The summed E-state index contributed by atoms with van der Waals surface area (Å²) in [4.78, 5) is 27.0. The van der Waals surface area contributed by atoms with E-state index in [0.29, 0.717) is 5.92 Å². The Morgan fingerprint density at radius 2 is 1.62 bits per heavy atom. The molecular formula is C8H16O4Si. The fourth-order valence-electron chi connectivity index (χ4n) is 2.26. The van der Waals surface area contributed by atoms with E-state index in [4.69, 9.17) is 19.1 Å². The zero-order valence-electron chi connectivity index (χ0n) is 7.52. The lowest BCUT2D eigenvalue weighted by atomic mass is 9.87. The molecular weight excluding hydrogens is 188 g/mol. The van der Waals surface area contributed by atoms with Gasteiger partial charge in [0, 0.05) is 0 Å². The summed E-state index contributed by atoms with van der Waals surface area (Å²) in [5.41, 5.74) is -0.643. The molecule has 1 heterocycles. The van der Waals surface area contributed by atoms with Crippen molar-refractivity contribution in [2.24, 2.45) is 5.92 Å². The van der Waals surface area contributed by atoms with Crippen LogP contribution in [0.1, 0.15) is 32.1 Å². The lowest BCUT2D eigenvalue weighted by molar-refractivity contribution is 0.202. The number of ether oxygens (including phenoxy) is 1. The molecule has 1 saturated carbocycles. The molecule has 3 N–H and O–H groups in total. The average molecular weight is 204 g/mol. The highest BCUT2D eigenvalue weighted by Gasteiger charge is 2.60. The maximum atomic E-state index is 8.98. The molecule has 5 heteroatoms. The number of epoxide rings is 1. The lowest BCUT2D eigenvalue weighted by Gasteiger charge is -2.19. The van der Waals surface area contributed by atoms with Crippen LogP contribution < -0.4 is 0 Å². The van der Waals surface area contributed by atoms with E-state index in [1.807, 2.05) is 0 Å². The van der Waals surface area contributed by atoms with Gasteiger partial charge in [-0.1, -0.05) is 19.3 Å². The minimum Gasteiger partial charge on any atom is -0.388 e. The van der Waals surface area contributed by atoms with Gasteiger partial charge in [-0.25, -0.2) is 0 Å². The average Bonchev–Trinajstić information content (AvgIpc) is 2.83. The van der Waals surface area contributed by atoms with Gasteiger partial charge in [0.25, 0.3) is 0 Å². The topological polar surface area (TPSA) is 73.2 Å². The molecule has 1 aliphatic carbocycles. The van der Waals surface area contributed by atoms with Crippen LogP contribution in [0.2, 0.25) is 0 Å². The highest BCUT2D eigenvalue weighted by Crippen LogP contribution is 2.40. The van der Waals surface area contributed by atoms with Gasteiger partial charge in [0.1, 0.15) is 0 Å². The molecule has 2 fully saturated rings. The molecule has 1 saturated heterocycles. The number of rotatable bonds is 2. The second-order valence-electron chi connectivity index (χ2n) is 4.11. The molecule has 2 unspecified atom stereocenters. The van der Waals surface area contributed by atoms with Crippen LogP contribution in [0.3, 0.4) is 0 Å². The fraction of sp³-hybridized carbons (Fsp3) is 1.00. The van der Waals surface area contributed by atoms with Gasteiger partial charge < -0.3 is 19.1 Å². The summed E-state index contributed by atoms with van der Waals surface area (Å²) in [7, 11) is -3.99. The molecule has 0 aromatic rings. The van der Waals surface area contributed by atoms with E-state index in [1.165, 1.54) is 19.3 Å². The van der Waals surface area contributed by atoms with Gasteiger partial charge in [0.15, 0.2) is 5.73 Å². The Morgan fingerprint density at radius 1 is 1.00 bits per heavy atom. The minimum absolute atomic E-state index is 0.0769. The molecule has 2 atom stereocenters. The van der Waals surface area contributed by atoms with Crippen LogP contribution in [0.5, 0.6) is 0 Å². The summed E-state index contributed by atoms with van der Waals surface area (Å²) in [5.74, 6) is 0.442. The molecule has 2 aliphatic rings. The van der Waals surface area contributed by atoms with Crippen molar-refractivity contribution in [3.63, 3.8) is 0 Å². The Bertz CT molecular complexity index is 185. The first-order valence-electron chi connectivity index (χ1n) is 4.91. The predicted molar refractivity (Wildman–Crippen MR) is 47.6 cm³/mol. The molecule has 13 heavy (non-hydrogen) atoms. The van der Waals surface area contributed by atoms with Gasteiger partial charge >= 0.3 is 8.80 Å². The van der Waals surface area contributed by atoms with Crippen LogP contribution in [0.25, 0.3) is 0 Å². The van der Waals surface area contributed by atoms with Gasteiger partial charge in [-0.3, -0.25) is 0 Å². The normalized spacial score (nSPS) is 36.2. The van der Waals surface area contributed by atoms with Crippen LogP contribution >= 0.6 is 0 Å². The van der Waals surface area contributed by atoms with Crippen molar-refractivity contribution in [1.29, 1.82) is 0 Å². The zero-order valence-corrected chi connectivity index (χ0v) is 8.52. The molecule has 0 amide bonds. The fourth-order valence-corrected chi connectivity index (χ4v) is 3.31. The van der Waals surface area contributed by atoms with E-state index in [9.17, 15) is 0 Å². The van der Waals surface area contributed by atoms with Crippen molar-refractivity contribution >= 4 is 8.80 Å². The van der Waals surface area contributed by atoms with Crippen LogP contribution in [-0.4, -0.2) is 35.0 Å². The summed E-state index contributed by atoms with van der Waals surface area (Å²) < 4.78 is 5.13. The van der Waals surface area contributed by atoms with Crippen molar-refractivity contribution in [1.82, 2.24) is 0 Å². The summed E-state index contributed by atoms with van der Waals surface area (Å²) >= 11 is 0. The Balaban J connectivity index is 1.84. The first-order chi connectivity index (χ1) is 6.09. The molecule has 0 bridgehead atoms. The molecule has 0 aromatic heterocycles. The second kappa shape index (κ2) is 3.32. The smallest absolute Gasteiger partial charge is 0.388 e. The van der Waals surface area contributed by atoms with E-state index in [2.05, 4.69) is 0 Å². The molecule has 0 radical (unpaired) electrons. The van der Waals surface area contributed by atoms with E-state index < -0.39 is 14.5 Å². The molecule has 2 rings (SSSR count). The van der Waals surface area contributed by atoms with Crippen molar-refractivity contribution in [3.05, 3.63) is 0 Å². The number of hydrogen-bond donors (Lipinski definition) is 3. The molecule has 0 spiro atoms. The van der Waals surface area contributed by atoms with E-state index >= 15 is 0 Å². The monoisotopic (exact) mass is 204 g/mol. The SMILES string of the molecule is O[Si](O)(O)C1OC1C1CCCCC1. The van der Waals surface area contributed by atoms with Crippen molar-refractivity contribution in [2.75, 3.05) is 0 Å². The second-order valence-corrected chi connectivity index (χ2v) is 6.05. The van der Waals surface area contributed by atoms with Crippen molar-refractivity contribution in [3.8, 4) is 0 Å². The van der Waals surface area contributed by atoms with E-state index in [1.54, 1.807) is 0 Å². The maximum absolute atomic E-state index is 8.98. The Morgan fingerprint density at radius 3 is 2.08 bits per heavy atom. The van der Waals surface area contributed by atoms with Gasteiger partial charge in [-0.05, 0) is 18.8 Å². The summed E-state index contributed by atoms with van der Waals surface area (Å²) in [6.45, 7) is 0. The van der Waals surface area contributed by atoms with Gasteiger partial charge in [0.05, 0.1) is 6.10 Å². The predicted octanol–water partition coefficient (Wildman–Crippen LogP) is -0.211. The first-order valence-corrected chi connectivity index (χ1v) is 6.83.